The molecule has 0 aliphatic carbocycles. The molecule has 0 bridgehead atoms. The quantitative estimate of drug-likeness (QED) is 0.150. The maximum absolute atomic E-state index is 12.5. The Morgan fingerprint density at radius 3 is 1.81 bits per heavy atom. The number of carbonyl (C=O) groups is 2. The minimum atomic E-state index is 0.0217. The van der Waals surface area contributed by atoms with E-state index in [0.29, 0.717) is 26.7 Å². The molecule has 0 radical (unpaired) electrons. The topological polar surface area (TPSA) is 88.6 Å². The molecular weight excluding hydrogens is 658 g/mol. The molecular formula is C21H14I2N4O2S2. The molecule has 1 N–H and O–H groups in total. The molecule has 10 heteroatoms. The van der Waals surface area contributed by atoms with Crippen molar-refractivity contribution < 1.29 is 9.59 Å². The first-order valence-electron chi connectivity index (χ1n) is 9.04. The van der Waals surface area contributed by atoms with Gasteiger partial charge in [-0.3, -0.25) is 9.59 Å². The van der Waals surface area contributed by atoms with Gasteiger partial charge in [0.2, 0.25) is 0 Å². The van der Waals surface area contributed by atoms with Gasteiger partial charge in [0.05, 0.1) is 17.8 Å². The van der Waals surface area contributed by atoms with Crippen LogP contribution in [0.2, 0.25) is 0 Å². The van der Waals surface area contributed by atoms with Gasteiger partial charge in [0, 0.05) is 18.3 Å². The molecule has 0 aliphatic rings. The lowest BCUT2D eigenvalue weighted by atomic mass is 10.2. The van der Waals surface area contributed by atoms with Crippen LogP contribution in [0.25, 0.3) is 11.0 Å². The van der Waals surface area contributed by atoms with E-state index in [-0.39, 0.29) is 23.1 Å². The summed E-state index contributed by atoms with van der Waals surface area (Å²) < 4.78 is 2.17. The minimum absolute atomic E-state index is 0.0217. The van der Waals surface area contributed by atoms with E-state index in [4.69, 9.17) is 0 Å². The molecule has 6 nitrogen and oxygen atoms in total. The lowest BCUT2D eigenvalue weighted by Crippen LogP contribution is -2.04. The van der Waals surface area contributed by atoms with E-state index in [0.717, 1.165) is 12.7 Å². The summed E-state index contributed by atoms with van der Waals surface area (Å²) in [5, 5.41) is 9.74. The number of aromatic amines is 1. The fourth-order valence-corrected chi connectivity index (χ4v) is 5.09. The van der Waals surface area contributed by atoms with E-state index in [1.807, 2.05) is 48.5 Å². The van der Waals surface area contributed by atoms with Crippen LogP contribution in [0.4, 0.5) is 0 Å². The maximum Gasteiger partial charge on any atom is 0.173 e. The van der Waals surface area contributed by atoms with Gasteiger partial charge in [-0.1, -0.05) is 47.8 Å². The zero-order chi connectivity index (χ0) is 21.8. The van der Waals surface area contributed by atoms with Crippen molar-refractivity contribution in [2.75, 3.05) is 11.5 Å². The molecule has 2 aromatic carbocycles. The highest BCUT2D eigenvalue weighted by Crippen LogP contribution is 2.30. The largest absolute Gasteiger partial charge is 0.342 e. The van der Waals surface area contributed by atoms with Crippen LogP contribution in [0, 0.1) is 7.14 Å². The first kappa shape index (κ1) is 22.7. The number of nitrogens with one attached hydrogen (secondary N) is 1. The molecule has 2 heterocycles. The Balaban J connectivity index is 1.44. The number of aromatic nitrogens is 4. The number of hydrogen-bond donors (Lipinski definition) is 1. The zero-order valence-electron chi connectivity index (χ0n) is 15.8. The molecule has 4 aromatic rings. The number of halogens is 2. The Morgan fingerprint density at radius 2 is 1.26 bits per heavy atom. The fourth-order valence-electron chi connectivity index (χ4n) is 2.71. The fraction of sp³-hybridized carbons (Fsp3) is 0.0952. The van der Waals surface area contributed by atoms with E-state index in [1.54, 1.807) is 6.33 Å². The number of H-pyrrole nitrogens is 1. The average Bonchev–Trinajstić information content (AvgIpc) is 3.27. The Kier molecular flexibility index (Phi) is 7.61. The zero-order valence-corrected chi connectivity index (χ0v) is 21.8. The number of thioether (sulfide) groups is 2. The Bertz CT molecular complexity index is 1150. The molecule has 0 saturated heterocycles. The summed E-state index contributed by atoms with van der Waals surface area (Å²) in [4.78, 5) is 32.4. The van der Waals surface area contributed by atoms with Crippen molar-refractivity contribution in [1.29, 1.82) is 0 Å². The van der Waals surface area contributed by atoms with Gasteiger partial charge in [-0.25, -0.2) is 4.98 Å². The molecule has 4 rings (SSSR count). The number of hydrogen-bond acceptors (Lipinski definition) is 7. The van der Waals surface area contributed by atoms with Crippen molar-refractivity contribution in [3.05, 3.63) is 73.1 Å². The number of fused-ring (bicyclic) bond motifs is 1. The highest BCUT2D eigenvalue weighted by Gasteiger charge is 2.16. The van der Waals surface area contributed by atoms with Gasteiger partial charge in [0.25, 0.3) is 0 Å². The van der Waals surface area contributed by atoms with Crippen LogP contribution in [0.1, 0.15) is 20.7 Å². The van der Waals surface area contributed by atoms with Crippen molar-refractivity contribution >= 4 is 91.3 Å². The third-order valence-electron chi connectivity index (χ3n) is 4.30. The number of imidazole rings is 1. The molecule has 156 valence electrons. The standard InChI is InChI=1S/C21H14I2N4O2S2/c22-14-5-1-12(2-6-14)16(28)9-30-20-18-19(25-11-24-18)21(27-26-20)31-10-17(29)13-3-7-15(23)8-4-13/h1-8,11H,9-10H2,(H,24,25). The van der Waals surface area contributed by atoms with Gasteiger partial charge in [-0.2, -0.15) is 0 Å². The second kappa shape index (κ2) is 10.4. The van der Waals surface area contributed by atoms with Gasteiger partial charge in [0.1, 0.15) is 21.1 Å². The molecule has 0 unspecified atom stereocenters. The smallest absolute Gasteiger partial charge is 0.173 e. The lowest BCUT2D eigenvalue weighted by Gasteiger charge is -2.05. The predicted molar refractivity (Wildman–Crippen MR) is 140 cm³/mol. The van der Waals surface area contributed by atoms with Crippen LogP contribution in [0.3, 0.4) is 0 Å². The van der Waals surface area contributed by atoms with Gasteiger partial charge >= 0.3 is 0 Å². The molecule has 0 aliphatic heterocycles. The Hall–Kier alpha value is -1.51. The molecule has 31 heavy (non-hydrogen) atoms. The monoisotopic (exact) mass is 672 g/mol. The first-order valence-corrected chi connectivity index (χ1v) is 13.2. The summed E-state index contributed by atoms with van der Waals surface area (Å²) in [6.07, 6.45) is 1.57. The summed E-state index contributed by atoms with van der Waals surface area (Å²) in [5.74, 6) is 0.543. The van der Waals surface area contributed by atoms with E-state index in [9.17, 15) is 9.59 Å². The summed E-state index contributed by atoms with van der Waals surface area (Å²) in [6.45, 7) is 0. The Morgan fingerprint density at radius 1 is 0.774 bits per heavy atom. The summed E-state index contributed by atoms with van der Waals surface area (Å²) in [6, 6.07) is 14.9. The van der Waals surface area contributed by atoms with E-state index < -0.39 is 0 Å². The highest BCUT2D eigenvalue weighted by molar-refractivity contribution is 14.1. The first-order chi connectivity index (χ1) is 15.0. The summed E-state index contributed by atoms with van der Waals surface area (Å²) in [7, 11) is 0. The van der Waals surface area contributed by atoms with Crippen molar-refractivity contribution in [1.82, 2.24) is 20.2 Å². The SMILES string of the molecule is O=C(CSc1nnc(SCC(=O)c2ccc(I)cc2)c2[nH]cnc12)c1ccc(I)cc1. The van der Waals surface area contributed by atoms with Crippen LogP contribution in [-0.4, -0.2) is 43.2 Å². The van der Waals surface area contributed by atoms with Crippen molar-refractivity contribution in [2.24, 2.45) is 0 Å². The molecule has 0 saturated carbocycles. The second-order valence-electron chi connectivity index (χ2n) is 6.37. The van der Waals surface area contributed by atoms with Crippen LogP contribution < -0.4 is 0 Å². The van der Waals surface area contributed by atoms with Crippen LogP contribution >= 0.6 is 68.7 Å². The number of rotatable bonds is 8. The van der Waals surface area contributed by atoms with Crippen molar-refractivity contribution in [3.63, 3.8) is 0 Å². The van der Waals surface area contributed by atoms with Crippen molar-refractivity contribution in [3.8, 4) is 0 Å². The molecule has 0 atom stereocenters. The highest BCUT2D eigenvalue weighted by atomic mass is 127. The molecule has 0 spiro atoms. The number of carbonyl (C=O) groups excluding carboxylic acids is 2. The lowest BCUT2D eigenvalue weighted by molar-refractivity contribution is 0.101. The van der Waals surface area contributed by atoms with Crippen molar-refractivity contribution in [2.45, 2.75) is 10.1 Å². The summed E-state index contributed by atoms with van der Waals surface area (Å²) >= 11 is 7.04. The molecule has 0 amide bonds. The number of benzene rings is 2. The Labute approximate surface area is 214 Å². The van der Waals surface area contributed by atoms with E-state index in [2.05, 4.69) is 65.3 Å². The van der Waals surface area contributed by atoms with Gasteiger partial charge in [-0.05, 0) is 69.4 Å². The van der Waals surface area contributed by atoms with Gasteiger partial charge in [0.15, 0.2) is 11.6 Å². The van der Waals surface area contributed by atoms with E-state index in [1.165, 1.54) is 23.5 Å². The van der Waals surface area contributed by atoms with Gasteiger partial charge in [-0.15, -0.1) is 10.2 Å². The summed E-state index contributed by atoms with van der Waals surface area (Å²) in [5.41, 5.74) is 2.71. The third-order valence-corrected chi connectivity index (χ3v) is 7.66. The number of nitrogens with zero attached hydrogens (tertiary/aromatic N) is 3. The third kappa shape index (κ3) is 5.65. The number of ketones is 2. The predicted octanol–water partition coefficient (Wildman–Crippen LogP) is 5.51. The van der Waals surface area contributed by atoms with Crippen LogP contribution in [0.15, 0.2) is 64.9 Å². The van der Waals surface area contributed by atoms with Gasteiger partial charge < -0.3 is 4.98 Å². The van der Waals surface area contributed by atoms with E-state index >= 15 is 0 Å². The number of Topliss-reactive ketones (excluding diaryl/α,β-unsaturated/α-hetero) is 2. The maximum atomic E-state index is 12.5. The average molecular weight is 672 g/mol. The minimum Gasteiger partial charge on any atom is -0.342 e. The van der Waals surface area contributed by atoms with Crippen LogP contribution in [-0.2, 0) is 0 Å². The van der Waals surface area contributed by atoms with Crippen LogP contribution in [0.5, 0.6) is 0 Å². The normalized spacial score (nSPS) is 11.0. The molecule has 2 aromatic heterocycles. The second-order valence-corrected chi connectivity index (χ2v) is 10.8. The molecule has 0 fully saturated rings.